The van der Waals surface area contributed by atoms with Gasteiger partial charge in [0.25, 0.3) is 0 Å². The number of fused-ring (bicyclic) bond motifs is 1. The van der Waals surface area contributed by atoms with E-state index in [1.54, 1.807) is 30.3 Å². The zero-order chi connectivity index (χ0) is 14.8. The van der Waals surface area contributed by atoms with E-state index in [1.807, 2.05) is 30.3 Å². The number of esters is 1. The second-order valence-electron chi connectivity index (χ2n) is 4.49. The molecule has 0 unspecified atom stereocenters. The third-order valence-electron chi connectivity index (χ3n) is 3.09. The quantitative estimate of drug-likeness (QED) is 0.446. The van der Waals surface area contributed by atoms with Crippen LogP contribution in [0.15, 0.2) is 65.1 Å². The smallest absolute Gasteiger partial charge is 0.343 e. The summed E-state index contributed by atoms with van der Waals surface area (Å²) in [6, 6.07) is 18.1. The van der Waals surface area contributed by atoms with Gasteiger partial charge in [-0.2, -0.15) is 0 Å². The molecule has 0 radical (unpaired) electrons. The second kappa shape index (κ2) is 5.88. The minimum atomic E-state index is -0.426. The van der Waals surface area contributed by atoms with Crippen molar-refractivity contribution in [2.45, 2.75) is 0 Å². The molecule has 0 aromatic heterocycles. The lowest BCUT2D eigenvalue weighted by molar-refractivity contribution is 0.0737. The Hall–Kier alpha value is -1.84. The number of halogens is 2. The average Bonchev–Trinajstić information content (AvgIpc) is 2.50. The number of hydrogen-bond acceptors (Lipinski definition) is 2. The van der Waals surface area contributed by atoms with E-state index in [0.717, 1.165) is 15.2 Å². The maximum absolute atomic E-state index is 12.2. The molecular weight excluding hydrogens is 352 g/mol. The average molecular weight is 362 g/mol. The number of hydrogen-bond donors (Lipinski definition) is 0. The predicted octanol–water partition coefficient (Wildman–Crippen LogP) is 5.47. The summed E-state index contributed by atoms with van der Waals surface area (Å²) in [4.78, 5) is 12.2. The number of ether oxygens (including phenoxy) is 1. The van der Waals surface area contributed by atoms with Crippen molar-refractivity contribution in [3.8, 4) is 5.75 Å². The Labute approximate surface area is 135 Å². The number of rotatable bonds is 2. The molecule has 0 spiro atoms. The predicted molar refractivity (Wildman–Crippen MR) is 88.1 cm³/mol. The monoisotopic (exact) mass is 360 g/mol. The Morgan fingerprint density at radius 1 is 0.952 bits per heavy atom. The van der Waals surface area contributed by atoms with E-state index < -0.39 is 5.97 Å². The molecular formula is C17H10BrClO2. The van der Waals surface area contributed by atoms with Crippen LogP contribution in [0.1, 0.15) is 10.4 Å². The summed E-state index contributed by atoms with van der Waals surface area (Å²) in [5.41, 5.74) is 0.425. The van der Waals surface area contributed by atoms with Crippen molar-refractivity contribution in [1.82, 2.24) is 0 Å². The molecule has 0 N–H and O–H groups in total. The van der Waals surface area contributed by atoms with Gasteiger partial charge in [0, 0.05) is 14.9 Å². The lowest BCUT2D eigenvalue weighted by atomic mass is 10.1. The van der Waals surface area contributed by atoms with Gasteiger partial charge in [0.05, 0.1) is 5.56 Å². The number of carbonyl (C=O) groups is 1. The molecule has 0 saturated carbocycles. The van der Waals surface area contributed by atoms with Crippen LogP contribution in [0.5, 0.6) is 5.75 Å². The molecule has 0 aliphatic rings. The van der Waals surface area contributed by atoms with E-state index in [-0.39, 0.29) is 0 Å². The lowest BCUT2D eigenvalue weighted by Crippen LogP contribution is -2.08. The van der Waals surface area contributed by atoms with Crippen molar-refractivity contribution >= 4 is 44.3 Å². The van der Waals surface area contributed by atoms with Crippen molar-refractivity contribution < 1.29 is 9.53 Å². The van der Waals surface area contributed by atoms with E-state index in [1.165, 1.54) is 0 Å². The first-order valence-corrected chi connectivity index (χ1v) is 7.47. The van der Waals surface area contributed by atoms with Crippen LogP contribution in [0.4, 0.5) is 0 Å². The van der Waals surface area contributed by atoms with Gasteiger partial charge in [-0.15, -0.1) is 0 Å². The molecule has 3 rings (SSSR count). The van der Waals surface area contributed by atoms with Crippen LogP contribution in [0, 0.1) is 0 Å². The molecule has 0 bridgehead atoms. The van der Waals surface area contributed by atoms with E-state index in [0.29, 0.717) is 16.3 Å². The third kappa shape index (κ3) is 2.94. The van der Waals surface area contributed by atoms with E-state index in [9.17, 15) is 4.79 Å². The molecule has 0 aliphatic heterocycles. The summed E-state index contributed by atoms with van der Waals surface area (Å²) in [6.45, 7) is 0. The second-order valence-corrected chi connectivity index (χ2v) is 5.78. The van der Waals surface area contributed by atoms with E-state index in [2.05, 4.69) is 15.9 Å². The fraction of sp³-hybridized carbons (Fsp3) is 0. The largest absolute Gasteiger partial charge is 0.422 e. The van der Waals surface area contributed by atoms with Gasteiger partial charge in [-0.3, -0.25) is 0 Å². The first kappa shape index (κ1) is 14.1. The summed E-state index contributed by atoms with van der Waals surface area (Å²) >= 11 is 9.39. The maximum Gasteiger partial charge on any atom is 0.343 e. The summed E-state index contributed by atoms with van der Waals surface area (Å²) in [5.74, 6) is 0.101. The van der Waals surface area contributed by atoms with Crippen LogP contribution in [0.3, 0.4) is 0 Å². The Balaban J connectivity index is 1.99. The zero-order valence-corrected chi connectivity index (χ0v) is 13.2. The van der Waals surface area contributed by atoms with Gasteiger partial charge in [0.15, 0.2) is 0 Å². The van der Waals surface area contributed by atoms with Crippen LogP contribution < -0.4 is 4.74 Å². The minimum Gasteiger partial charge on any atom is -0.422 e. The third-order valence-corrected chi connectivity index (χ3v) is 4.02. The van der Waals surface area contributed by atoms with Gasteiger partial charge in [0.2, 0.25) is 0 Å². The molecule has 0 amide bonds. The molecule has 4 heteroatoms. The first-order chi connectivity index (χ1) is 10.1. The molecule has 3 aromatic rings. The van der Waals surface area contributed by atoms with E-state index in [4.69, 9.17) is 16.3 Å². The Morgan fingerprint density at radius 2 is 1.71 bits per heavy atom. The highest BCUT2D eigenvalue weighted by molar-refractivity contribution is 9.10. The van der Waals surface area contributed by atoms with Crippen molar-refractivity contribution in [2.24, 2.45) is 0 Å². The van der Waals surface area contributed by atoms with Gasteiger partial charge in [-0.25, -0.2) is 4.79 Å². The van der Waals surface area contributed by atoms with Crippen LogP contribution in [-0.4, -0.2) is 5.97 Å². The Bertz CT molecular complexity index is 830. The fourth-order valence-electron chi connectivity index (χ4n) is 2.10. The molecule has 0 saturated heterocycles. The fourth-order valence-corrected chi connectivity index (χ4v) is 2.77. The van der Waals surface area contributed by atoms with Gasteiger partial charge in [-0.1, -0.05) is 57.9 Å². The summed E-state index contributed by atoms with van der Waals surface area (Å²) in [5, 5.41) is 2.38. The van der Waals surface area contributed by atoms with Crippen LogP contribution in [0.25, 0.3) is 10.8 Å². The summed E-state index contributed by atoms with van der Waals surface area (Å²) in [7, 11) is 0. The SMILES string of the molecule is O=C(Oc1ccc(Br)c2ccccc12)c1cccc(Cl)c1. The lowest BCUT2D eigenvalue weighted by Gasteiger charge is -2.09. The molecule has 0 atom stereocenters. The maximum atomic E-state index is 12.2. The highest BCUT2D eigenvalue weighted by atomic mass is 79.9. The van der Waals surface area contributed by atoms with Gasteiger partial charge in [-0.05, 0) is 35.7 Å². The molecule has 2 nitrogen and oxygen atoms in total. The molecule has 0 aliphatic carbocycles. The zero-order valence-electron chi connectivity index (χ0n) is 10.8. The molecule has 0 heterocycles. The standard InChI is InChI=1S/C17H10BrClO2/c18-15-8-9-16(14-7-2-1-6-13(14)15)21-17(20)11-4-3-5-12(19)10-11/h1-10H. The van der Waals surface area contributed by atoms with Gasteiger partial charge < -0.3 is 4.74 Å². The Morgan fingerprint density at radius 3 is 2.48 bits per heavy atom. The highest BCUT2D eigenvalue weighted by Gasteiger charge is 2.12. The number of carbonyl (C=O) groups excluding carboxylic acids is 1. The van der Waals surface area contributed by atoms with Gasteiger partial charge >= 0.3 is 5.97 Å². The molecule has 0 fully saturated rings. The van der Waals surface area contributed by atoms with Crippen LogP contribution in [0.2, 0.25) is 5.02 Å². The number of benzene rings is 3. The summed E-state index contributed by atoms with van der Waals surface area (Å²) < 4.78 is 6.46. The minimum absolute atomic E-state index is 0.425. The summed E-state index contributed by atoms with van der Waals surface area (Å²) in [6.07, 6.45) is 0. The van der Waals surface area contributed by atoms with Crippen molar-refractivity contribution in [3.05, 3.63) is 75.7 Å². The van der Waals surface area contributed by atoms with Gasteiger partial charge in [0.1, 0.15) is 5.75 Å². The first-order valence-electron chi connectivity index (χ1n) is 6.30. The van der Waals surface area contributed by atoms with Crippen molar-refractivity contribution in [2.75, 3.05) is 0 Å². The van der Waals surface area contributed by atoms with Crippen LogP contribution >= 0.6 is 27.5 Å². The topological polar surface area (TPSA) is 26.3 Å². The van der Waals surface area contributed by atoms with Crippen molar-refractivity contribution in [1.29, 1.82) is 0 Å². The van der Waals surface area contributed by atoms with E-state index >= 15 is 0 Å². The molecule has 104 valence electrons. The molecule has 3 aromatic carbocycles. The highest BCUT2D eigenvalue weighted by Crippen LogP contribution is 2.32. The van der Waals surface area contributed by atoms with Crippen LogP contribution in [-0.2, 0) is 0 Å². The normalized spacial score (nSPS) is 10.6. The Kier molecular flexibility index (Phi) is 3.95. The van der Waals surface area contributed by atoms with Crippen molar-refractivity contribution in [3.63, 3.8) is 0 Å². The molecule has 21 heavy (non-hydrogen) atoms.